The van der Waals surface area contributed by atoms with Gasteiger partial charge in [0.25, 0.3) is 0 Å². The molecule has 2 heterocycles. The summed E-state index contributed by atoms with van der Waals surface area (Å²) >= 11 is 0. The van der Waals surface area contributed by atoms with Gasteiger partial charge in [0.15, 0.2) is 17.0 Å². The number of carbonyl (C=O) groups is 2. The van der Waals surface area contributed by atoms with Crippen LogP contribution < -0.4 is 11.5 Å². The number of nitrogen functional groups attached to an aromatic ring is 2. The van der Waals surface area contributed by atoms with Crippen LogP contribution in [-0.2, 0) is 20.7 Å². The quantitative estimate of drug-likeness (QED) is 0.607. The number of hydrogen-bond acceptors (Lipinski definition) is 10. The zero-order chi connectivity index (χ0) is 20.3. The van der Waals surface area contributed by atoms with Gasteiger partial charge in [-0.1, -0.05) is 12.1 Å². The number of rotatable bonds is 5. The minimum atomic E-state index is -0.653. The van der Waals surface area contributed by atoms with Gasteiger partial charge in [0, 0.05) is 6.42 Å². The average molecular weight is 382 g/mol. The first-order valence-electron chi connectivity index (χ1n) is 8.23. The number of methoxy groups -OCH3 is 2. The van der Waals surface area contributed by atoms with E-state index >= 15 is 0 Å². The zero-order valence-electron chi connectivity index (χ0n) is 15.2. The van der Waals surface area contributed by atoms with Crippen molar-refractivity contribution < 1.29 is 19.1 Å². The maximum atomic E-state index is 12.3. The monoisotopic (exact) mass is 382 g/mol. The Labute approximate surface area is 159 Å². The molecule has 10 nitrogen and oxygen atoms in total. The molecule has 0 unspecified atom stereocenters. The fraction of sp³-hybridized carbons (Fsp3) is 0.222. The van der Waals surface area contributed by atoms with Crippen LogP contribution in [0, 0.1) is 0 Å². The molecule has 1 aromatic carbocycles. The molecule has 0 amide bonds. The maximum absolute atomic E-state index is 12.3. The predicted octanol–water partition coefficient (Wildman–Crippen LogP) is 0.870. The molecule has 144 valence electrons. The van der Waals surface area contributed by atoms with Crippen molar-refractivity contribution in [3.63, 3.8) is 0 Å². The highest BCUT2D eigenvalue weighted by Crippen LogP contribution is 2.24. The van der Waals surface area contributed by atoms with E-state index in [1.165, 1.54) is 20.4 Å². The molecule has 28 heavy (non-hydrogen) atoms. The van der Waals surface area contributed by atoms with E-state index in [4.69, 9.17) is 16.2 Å². The Morgan fingerprint density at radius 2 is 1.75 bits per heavy atom. The molecular formula is C18H18N6O4. The Hall–Kier alpha value is -3.82. The van der Waals surface area contributed by atoms with Gasteiger partial charge in [-0.05, 0) is 17.7 Å². The van der Waals surface area contributed by atoms with E-state index in [-0.39, 0.29) is 23.8 Å². The Balaban J connectivity index is 1.94. The Bertz CT molecular complexity index is 1040. The summed E-state index contributed by atoms with van der Waals surface area (Å²) in [4.78, 5) is 40.4. The zero-order valence-corrected chi connectivity index (χ0v) is 15.2. The molecule has 3 aromatic rings. The van der Waals surface area contributed by atoms with Gasteiger partial charge in [0.05, 0.1) is 37.6 Å². The van der Waals surface area contributed by atoms with Crippen LogP contribution in [-0.4, -0.2) is 46.1 Å². The van der Waals surface area contributed by atoms with Gasteiger partial charge in [-0.15, -0.1) is 0 Å². The summed E-state index contributed by atoms with van der Waals surface area (Å²) in [6, 6.07) is 6.50. The fourth-order valence-electron chi connectivity index (χ4n) is 2.74. The second-order valence-corrected chi connectivity index (χ2v) is 5.89. The Kier molecular flexibility index (Phi) is 5.30. The summed E-state index contributed by atoms with van der Waals surface area (Å²) < 4.78 is 9.60. The first-order chi connectivity index (χ1) is 13.4. The number of carbonyl (C=O) groups excluding carboxylic acids is 2. The van der Waals surface area contributed by atoms with E-state index in [0.29, 0.717) is 22.3 Å². The van der Waals surface area contributed by atoms with Crippen molar-refractivity contribution in [2.24, 2.45) is 0 Å². The number of fused-ring (bicyclic) bond motifs is 1. The Morgan fingerprint density at radius 1 is 1.04 bits per heavy atom. The van der Waals surface area contributed by atoms with Crippen molar-refractivity contribution in [1.82, 2.24) is 19.9 Å². The van der Waals surface area contributed by atoms with E-state index in [9.17, 15) is 9.59 Å². The number of ether oxygens (including phenoxy) is 2. The lowest BCUT2D eigenvalue weighted by Gasteiger charge is -2.15. The van der Waals surface area contributed by atoms with E-state index in [1.807, 2.05) is 0 Å². The summed E-state index contributed by atoms with van der Waals surface area (Å²) in [5, 5.41) is 0. The minimum Gasteiger partial charge on any atom is -0.469 e. The molecule has 4 N–H and O–H groups in total. The van der Waals surface area contributed by atoms with E-state index < -0.39 is 17.9 Å². The minimum absolute atomic E-state index is 0.00480. The third-order valence-corrected chi connectivity index (χ3v) is 4.13. The number of esters is 2. The van der Waals surface area contributed by atoms with Crippen LogP contribution in [0.1, 0.15) is 27.5 Å². The summed E-state index contributed by atoms with van der Waals surface area (Å²) in [5.41, 5.74) is 13.5. The fourth-order valence-corrected chi connectivity index (χ4v) is 2.74. The lowest BCUT2D eigenvalue weighted by molar-refractivity contribution is -0.142. The average Bonchev–Trinajstić information content (AvgIpc) is 2.71. The summed E-state index contributed by atoms with van der Waals surface area (Å²) in [6.45, 7) is 0. The number of aromatic nitrogens is 4. The molecule has 0 radical (unpaired) electrons. The second kappa shape index (κ2) is 7.82. The van der Waals surface area contributed by atoms with Crippen molar-refractivity contribution in [3.05, 3.63) is 47.3 Å². The third kappa shape index (κ3) is 3.80. The smallest absolute Gasteiger partial charge is 0.337 e. The van der Waals surface area contributed by atoms with E-state index in [1.54, 1.807) is 24.3 Å². The van der Waals surface area contributed by atoms with Crippen LogP contribution in [0.25, 0.3) is 11.2 Å². The number of hydrogen-bond donors (Lipinski definition) is 2. The lowest BCUT2D eigenvalue weighted by atomic mass is 9.93. The standard InChI is InChI=1S/C18H18N6O4/c1-27-16(25)10-5-3-9(4-6-10)12(17(26)28-2)7-11-8-21-15-13(22-11)14(19)23-18(20)24-15/h3-6,8,12H,7H2,1-2H3,(H4,19,20,21,23,24)/t12-/m0/s1. The first kappa shape index (κ1) is 19.0. The number of anilines is 2. The second-order valence-electron chi connectivity index (χ2n) is 5.89. The third-order valence-electron chi connectivity index (χ3n) is 4.13. The molecule has 3 rings (SSSR count). The molecule has 0 fully saturated rings. The van der Waals surface area contributed by atoms with Crippen LogP contribution in [0.5, 0.6) is 0 Å². The molecule has 0 bridgehead atoms. The van der Waals surface area contributed by atoms with Crippen LogP contribution in [0.2, 0.25) is 0 Å². The molecule has 0 spiro atoms. The van der Waals surface area contributed by atoms with Crippen LogP contribution in [0.3, 0.4) is 0 Å². The van der Waals surface area contributed by atoms with Crippen molar-refractivity contribution in [1.29, 1.82) is 0 Å². The summed E-state index contributed by atoms with van der Waals surface area (Å²) in [6.07, 6.45) is 1.70. The maximum Gasteiger partial charge on any atom is 0.337 e. The molecule has 0 saturated carbocycles. The van der Waals surface area contributed by atoms with Gasteiger partial charge >= 0.3 is 11.9 Å². The molecule has 2 aromatic heterocycles. The van der Waals surface area contributed by atoms with Crippen LogP contribution in [0.4, 0.5) is 11.8 Å². The number of nitrogens with zero attached hydrogens (tertiary/aromatic N) is 4. The molecule has 0 saturated heterocycles. The van der Waals surface area contributed by atoms with Gasteiger partial charge in [-0.25, -0.2) is 14.8 Å². The van der Waals surface area contributed by atoms with Gasteiger partial charge in [0.2, 0.25) is 5.95 Å². The van der Waals surface area contributed by atoms with Crippen molar-refractivity contribution in [3.8, 4) is 0 Å². The molecule has 1 atom stereocenters. The molecular weight excluding hydrogens is 364 g/mol. The topological polar surface area (TPSA) is 156 Å². The van der Waals surface area contributed by atoms with E-state index in [0.717, 1.165) is 0 Å². The number of benzene rings is 1. The van der Waals surface area contributed by atoms with Crippen molar-refractivity contribution in [2.45, 2.75) is 12.3 Å². The van der Waals surface area contributed by atoms with Crippen LogP contribution >= 0.6 is 0 Å². The number of nitrogens with two attached hydrogens (primary N) is 2. The summed E-state index contributed by atoms with van der Waals surface area (Å²) in [5.74, 6) is -1.45. The normalized spacial score (nSPS) is 11.8. The lowest BCUT2D eigenvalue weighted by Crippen LogP contribution is -2.18. The SMILES string of the molecule is COC(=O)c1ccc([C@H](Cc2cnc3nc(N)nc(N)c3n2)C(=O)OC)cc1. The highest BCUT2D eigenvalue weighted by atomic mass is 16.5. The Morgan fingerprint density at radius 3 is 2.39 bits per heavy atom. The van der Waals surface area contributed by atoms with Gasteiger partial charge < -0.3 is 20.9 Å². The van der Waals surface area contributed by atoms with Gasteiger partial charge in [-0.2, -0.15) is 9.97 Å². The first-order valence-corrected chi connectivity index (χ1v) is 8.23. The predicted molar refractivity (Wildman–Crippen MR) is 100 cm³/mol. The largest absolute Gasteiger partial charge is 0.469 e. The van der Waals surface area contributed by atoms with Crippen molar-refractivity contribution >= 4 is 34.9 Å². The van der Waals surface area contributed by atoms with Gasteiger partial charge in [-0.3, -0.25) is 4.79 Å². The highest BCUT2D eigenvalue weighted by molar-refractivity contribution is 5.89. The van der Waals surface area contributed by atoms with Crippen molar-refractivity contribution in [2.75, 3.05) is 25.7 Å². The van der Waals surface area contributed by atoms with Crippen LogP contribution in [0.15, 0.2) is 30.5 Å². The summed E-state index contributed by atoms with van der Waals surface area (Å²) in [7, 11) is 2.60. The molecule has 0 aliphatic carbocycles. The molecule has 0 aliphatic rings. The highest BCUT2D eigenvalue weighted by Gasteiger charge is 2.24. The molecule has 0 aliphatic heterocycles. The molecule has 10 heteroatoms. The van der Waals surface area contributed by atoms with Gasteiger partial charge in [0.1, 0.15) is 0 Å². The van der Waals surface area contributed by atoms with E-state index in [2.05, 4.69) is 24.7 Å².